The maximum absolute atomic E-state index is 6.58. The lowest BCUT2D eigenvalue weighted by Gasteiger charge is -2.42. The number of imidazole rings is 1. The van der Waals surface area contributed by atoms with E-state index in [4.69, 9.17) is 9.40 Å². The van der Waals surface area contributed by atoms with E-state index in [0.717, 1.165) is 44.4 Å². The van der Waals surface area contributed by atoms with Gasteiger partial charge in [0.25, 0.3) is 0 Å². The largest absolute Gasteiger partial charge is 0.455 e. The number of fused-ring (bicyclic) bond motifs is 5. The molecule has 3 nitrogen and oxygen atoms in total. The molecule has 1 aliphatic carbocycles. The molecular formula is C45H46N2O. The van der Waals surface area contributed by atoms with Gasteiger partial charge in [0.1, 0.15) is 17.0 Å². The Kier molecular flexibility index (Phi) is 7.00. The zero-order valence-corrected chi connectivity index (χ0v) is 29.6. The Balaban J connectivity index is 1.41. The van der Waals surface area contributed by atoms with Crippen molar-refractivity contribution in [2.75, 3.05) is 0 Å². The summed E-state index contributed by atoms with van der Waals surface area (Å²) >= 11 is 0. The number of hydrogen-bond acceptors (Lipinski definition) is 2. The molecule has 0 saturated heterocycles. The summed E-state index contributed by atoms with van der Waals surface area (Å²) in [7, 11) is 0. The van der Waals surface area contributed by atoms with Gasteiger partial charge in [0.05, 0.1) is 22.3 Å². The second-order valence-corrected chi connectivity index (χ2v) is 15.9. The van der Waals surface area contributed by atoms with E-state index in [1.54, 1.807) is 0 Å². The zero-order valence-electron chi connectivity index (χ0n) is 29.6. The lowest BCUT2D eigenvalue weighted by Crippen LogP contribution is -2.33. The molecule has 8 rings (SSSR count). The zero-order chi connectivity index (χ0) is 33.5. The fourth-order valence-corrected chi connectivity index (χ4v) is 8.11. The lowest BCUT2D eigenvalue weighted by molar-refractivity contribution is 0.332. The SMILES string of the molecule is CC(C)c1cc(-c2ccc3c(c2)C(C)(C)CCC3(C)C)cc(C(C)C)c1-n1c(-c2cccc3c2oc2ccccc23)nc2ccccc21. The molecule has 7 aromatic rings. The number of rotatable bonds is 5. The van der Waals surface area contributed by atoms with Gasteiger partial charge in [-0.3, -0.25) is 4.57 Å². The molecule has 0 fully saturated rings. The third-order valence-corrected chi connectivity index (χ3v) is 11.0. The first-order chi connectivity index (χ1) is 22.9. The summed E-state index contributed by atoms with van der Waals surface area (Å²) in [4.78, 5) is 5.34. The van der Waals surface area contributed by atoms with Crippen LogP contribution in [-0.2, 0) is 10.8 Å². The molecular weight excluding hydrogens is 585 g/mol. The minimum atomic E-state index is 0.158. The number of aromatic nitrogens is 2. The number of para-hydroxylation sites is 4. The molecule has 0 unspecified atom stereocenters. The Hall–Kier alpha value is -4.63. The van der Waals surface area contributed by atoms with E-state index in [9.17, 15) is 0 Å². The van der Waals surface area contributed by atoms with Gasteiger partial charge in [-0.2, -0.15) is 0 Å². The van der Waals surface area contributed by atoms with Gasteiger partial charge in [-0.05, 0) is 105 Å². The van der Waals surface area contributed by atoms with E-state index < -0.39 is 0 Å². The summed E-state index contributed by atoms with van der Waals surface area (Å²) in [5, 5.41) is 2.24. The first-order valence-corrected chi connectivity index (χ1v) is 17.7. The standard InChI is InChI=1S/C45H46N2O/c1-27(2)34-24-30(29-20-21-36-37(26-29)45(7,8)23-22-44(36,5)6)25-35(28(3)4)41(34)47-39-18-11-10-17-38(39)46-43(47)33-16-13-15-32-31-14-9-12-19-40(31)48-42(32)33/h9-21,24-28H,22-23H2,1-8H3. The predicted octanol–water partition coefficient (Wildman–Crippen LogP) is 12.9. The van der Waals surface area contributed by atoms with Crippen LogP contribution in [0.4, 0.5) is 0 Å². The summed E-state index contributed by atoms with van der Waals surface area (Å²) in [5.41, 5.74) is 14.7. The maximum Gasteiger partial charge on any atom is 0.149 e. The van der Waals surface area contributed by atoms with Crippen LogP contribution in [0, 0.1) is 0 Å². The van der Waals surface area contributed by atoms with Crippen molar-refractivity contribution in [2.24, 2.45) is 0 Å². The molecule has 0 saturated carbocycles. The van der Waals surface area contributed by atoms with Crippen LogP contribution >= 0.6 is 0 Å². The Labute approximate surface area is 284 Å². The summed E-state index contributed by atoms with van der Waals surface area (Å²) in [5.74, 6) is 1.50. The van der Waals surface area contributed by atoms with E-state index in [2.05, 4.69) is 151 Å². The number of hydrogen-bond donors (Lipinski definition) is 0. The highest BCUT2D eigenvalue weighted by molar-refractivity contribution is 6.09. The molecule has 2 heterocycles. The second-order valence-electron chi connectivity index (χ2n) is 15.9. The van der Waals surface area contributed by atoms with Crippen molar-refractivity contribution >= 4 is 33.0 Å². The monoisotopic (exact) mass is 630 g/mol. The summed E-state index contributed by atoms with van der Waals surface area (Å²) in [6.45, 7) is 18.9. The normalized spacial score (nSPS) is 15.6. The highest BCUT2D eigenvalue weighted by Crippen LogP contribution is 2.48. The van der Waals surface area contributed by atoms with Crippen LogP contribution in [0.5, 0.6) is 0 Å². The molecule has 0 aliphatic heterocycles. The van der Waals surface area contributed by atoms with Gasteiger partial charge in [0, 0.05) is 10.8 Å². The molecule has 0 spiro atoms. The minimum Gasteiger partial charge on any atom is -0.455 e. The molecule has 0 amide bonds. The molecule has 3 heteroatoms. The van der Waals surface area contributed by atoms with Crippen LogP contribution in [0.1, 0.15) is 102 Å². The van der Waals surface area contributed by atoms with Gasteiger partial charge in [-0.25, -0.2) is 4.98 Å². The number of nitrogens with zero attached hydrogens (tertiary/aromatic N) is 2. The van der Waals surface area contributed by atoms with E-state index in [0.29, 0.717) is 11.8 Å². The molecule has 5 aromatic carbocycles. The van der Waals surface area contributed by atoms with Crippen LogP contribution in [0.15, 0.2) is 101 Å². The van der Waals surface area contributed by atoms with Crippen molar-refractivity contribution in [1.82, 2.24) is 9.55 Å². The highest BCUT2D eigenvalue weighted by atomic mass is 16.3. The molecule has 0 radical (unpaired) electrons. The lowest BCUT2D eigenvalue weighted by atomic mass is 9.63. The van der Waals surface area contributed by atoms with Crippen molar-refractivity contribution in [2.45, 2.75) is 90.9 Å². The molecule has 0 atom stereocenters. The van der Waals surface area contributed by atoms with Gasteiger partial charge in [0.2, 0.25) is 0 Å². The van der Waals surface area contributed by atoms with Crippen molar-refractivity contribution in [3.8, 4) is 28.2 Å². The molecule has 48 heavy (non-hydrogen) atoms. The third-order valence-electron chi connectivity index (χ3n) is 11.0. The number of benzene rings is 5. The molecule has 1 aliphatic rings. The van der Waals surface area contributed by atoms with E-state index >= 15 is 0 Å². The van der Waals surface area contributed by atoms with Crippen molar-refractivity contribution in [1.29, 1.82) is 0 Å². The van der Waals surface area contributed by atoms with Gasteiger partial charge in [-0.15, -0.1) is 0 Å². The molecule has 2 aromatic heterocycles. The van der Waals surface area contributed by atoms with E-state index in [-0.39, 0.29) is 10.8 Å². The summed E-state index contributed by atoms with van der Waals surface area (Å²) in [6.07, 6.45) is 2.43. The van der Waals surface area contributed by atoms with Crippen LogP contribution < -0.4 is 0 Å². The number of furan rings is 1. The van der Waals surface area contributed by atoms with Gasteiger partial charge in [-0.1, -0.05) is 116 Å². The van der Waals surface area contributed by atoms with Crippen LogP contribution in [0.25, 0.3) is 61.2 Å². The van der Waals surface area contributed by atoms with Gasteiger partial charge < -0.3 is 4.42 Å². The van der Waals surface area contributed by atoms with Gasteiger partial charge >= 0.3 is 0 Å². The predicted molar refractivity (Wildman–Crippen MR) is 203 cm³/mol. The minimum absolute atomic E-state index is 0.158. The Morgan fingerprint density at radius 2 is 1.29 bits per heavy atom. The van der Waals surface area contributed by atoms with Crippen molar-refractivity contribution in [3.63, 3.8) is 0 Å². The average molecular weight is 631 g/mol. The highest BCUT2D eigenvalue weighted by Gasteiger charge is 2.37. The van der Waals surface area contributed by atoms with Crippen molar-refractivity contribution < 1.29 is 4.42 Å². The quantitative estimate of drug-likeness (QED) is 0.189. The smallest absolute Gasteiger partial charge is 0.149 e. The summed E-state index contributed by atoms with van der Waals surface area (Å²) < 4.78 is 9.00. The van der Waals surface area contributed by atoms with E-state index in [1.165, 1.54) is 51.9 Å². The molecule has 0 bridgehead atoms. The fourth-order valence-electron chi connectivity index (χ4n) is 8.11. The average Bonchev–Trinajstić information content (AvgIpc) is 3.65. The van der Waals surface area contributed by atoms with Gasteiger partial charge in [0.15, 0.2) is 0 Å². The summed E-state index contributed by atoms with van der Waals surface area (Å²) in [6, 6.07) is 35.5. The Bertz CT molecular complexity index is 2330. The second kappa shape index (κ2) is 11.0. The first-order valence-electron chi connectivity index (χ1n) is 17.7. The first kappa shape index (κ1) is 30.7. The fraction of sp³-hybridized carbons (Fsp3) is 0.311. The Morgan fingerprint density at radius 1 is 0.646 bits per heavy atom. The third kappa shape index (κ3) is 4.73. The molecule has 0 N–H and O–H groups in total. The van der Waals surface area contributed by atoms with Crippen LogP contribution in [0.3, 0.4) is 0 Å². The van der Waals surface area contributed by atoms with Crippen molar-refractivity contribution in [3.05, 3.63) is 119 Å². The Morgan fingerprint density at radius 3 is 2.02 bits per heavy atom. The van der Waals surface area contributed by atoms with Crippen LogP contribution in [-0.4, -0.2) is 9.55 Å². The maximum atomic E-state index is 6.58. The van der Waals surface area contributed by atoms with E-state index in [1.807, 2.05) is 6.07 Å². The molecule has 242 valence electrons. The van der Waals surface area contributed by atoms with Crippen LogP contribution in [0.2, 0.25) is 0 Å². The topological polar surface area (TPSA) is 31.0 Å².